The maximum Gasteiger partial charge on any atom is 0.288 e. The van der Waals surface area contributed by atoms with E-state index in [0.717, 1.165) is 22.8 Å². The lowest BCUT2D eigenvalue weighted by Crippen LogP contribution is -2.28. The second-order valence-corrected chi connectivity index (χ2v) is 6.03. The van der Waals surface area contributed by atoms with E-state index in [-0.39, 0.29) is 11.8 Å². The molecule has 24 heavy (non-hydrogen) atoms. The molecule has 0 aromatic heterocycles. The Morgan fingerprint density at radius 1 is 1.29 bits per heavy atom. The van der Waals surface area contributed by atoms with Gasteiger partial charge in [0.2, 0.25) is 0 Å². The molecule has 2 rings (SSSR count). The van der Waals surface area contributed by atoms with E-state index in [9.17, 15) is 5.21 Å². The second-order valence-electron chi connectivity index (χ2n) is 5.27. The first-order chi connectivity index (χ1) is 11.5. The number of anilines is 1. The van der Waals surface area contributed by atoms with Crippen LogP contribution < -0.4 is 9.80 Å². The van der Waals surface area contributed by atoms with E-state index >= 15 is 0 Å². The number of thiocarbonyl (C=S) groups is 1. The molecule has 0 bridgehead atoms. The Morgan fingerprint density at radius 3 is 2.67 bits per heavy atom. The lowest BCUT2D eigenvalue weighted by Gasteiger charge is -2.21. The van der Waals surface area contributed by atoms with Crippen LogP contribution in [0, 0.1) is 6.92 Å². The second kappa shape index (κ2) is 8.33. The predicted octanol–water partition coefficient (Wildman–Crippen LogP) is 4.92. The zero-order chi connectivity index (χ0) is 17.7. The maximum atomic E-state index is 10.2. The number of para-hydroxylation sites is 1. The topological polar surface area (TPSA) is 41.9 Å². The monoisotopic (exact) mass is 365 g/mol. The highest BCUT2D eigenvalue weighted by Gasteiger charge is 2.18. The average Bonchev–Trinajstić information content (AvgIpc) is 2.59. The third kappa shape index (κ3) is 4.17. The maximum absolute atomic E-state index is 10.2. The van der Waals surface area contributed by atoms with Crippen molar-refractivity contribution in [3.05, 3.63) is 58.1 Å². The number of nitrogens with zero attached hydrogens (tertiary/aromatic N) is 1. The van der Waals surface area contributed by atoms with Gasteiger partial charge in [-0.1, -0.05) is 42.8 Å². The first kappa shape index (κ1) is 18.5. The summed E-state index contributed by atoms with van der Waals surface area (Å²) < 4.78 is 10.8. The molecule has 2 aromatic rings. The summed E-state index contributed by atoms with van der Waals surface area (Å²) in [6, 6.07) is 11.4. The van der Waals surface area contributed by atoms with Crippen LogP contribution in [0.25, 0.3) is 0 Å². The zero-order valence-electron chi connectivity index (χ0n) is 13.9. The largest absolute Gasteiger partial charge is 0.489 e. The number of methoxy groups -OCH3 is 1. The van der Waals surface area contributed by atoms with E-state index in [1.807, 2.05) is 25.1 Å². The van der Waals surface area contributed by atoms with Gasteiger partial charge in [-0.3, -0.25) is 5.21 Å². The lowest BCUT2D eigenvalue weighted by molar-refractivity contribution is 0.264. The number of aryl methyl sites for hydroxylation is 2. The minimum absolute atomic E-state index is 0.0900. The van der Waals surface area contributed by atoms with E-state index in [1.165, 1.54) is 12.7 Å². The first-order valence-electron chi connectivity index (χ1n) is 7.54. The Morgan fingerprint density at radius 2 is 2.04 bits per heavy atom. The number of rotatable bonds is 5. The molecule has 0 aliphatic rings. The van der Waals surface area contributed by atoms with Crippen molar-refractivity contribution < 1.29 is 14.7 Å². The molecule has 6 heteroatoms. The Kier molecular flexibility index (Phi) is 6.43. The van der Waals surface area contributed by atoms with Gasteiger partial charge in [-0.05, 0) is 48.8 Å². The number of benzene rings is 2. The summed E-state index contributed by atoms with van der Waals surface area (Å²) >= 11 is 11.2. The van der Waals surface area contributed by atoms with Crippen LogP contribution in [0.5, 0.6) is 5.75 Å². The van der Waals surface area contributed by atoms with Crippen molar-refractivity contribution in [2.75, 3.05) is 12.2 Å². The molecule has 0 spiro atoms. The van der Waals surface area contributed by atoms with E-state index in [2.05, 4.69) is 13.0 Å². The molecule has 1 N–H and O–H groups in total. The van der Waals surface area contributed by atoms with Crippen LogP contribution in [0.15, 0.2) is 36.4 Å². The number of hydrogen-bond acceptors (Lipinski definition) is 4. The van der Waals surface area contributed by atoms with Gasteiger partial charge in [-0.15, -0.1) is 0 Å². The van der Waals surface area contributed by atoms with Crippen LogP contribution in [0.4, 0.5) is 5.69 Å². The van der Waals surface area contributed by atoms with Crippen LogP contribution in [0.3, 0.4) is 0 Å². The molecular formula is C18H20ClNO3S. The third-order valence-corrected chi connectivity index (χ3v) is 4.31. The molecule has 0 atom stereocenters. The van der Waals surface area contributed by atoms with Crippen molar-refractivity contribution in [2.24, 2.45) is 0 Å². The van der Waals surface area contributed by atoms with Crippen LogP contribution in [-0.2, 0) is 17.8 Å². The Bertz CT molecular complexity index is 736. The molecule has 0 heterocycles. The van der Waals surface area contributed by atoms with Crippen molar-refractivity contribution in [2.45, 2.75) is 26.9 Å². The van der Waals surface area contributed by atoms with Gasteiger partial charge >= 0.3 is 0 Å². The summed E-state index contributed by atoms with van der Waals surface area (Å²) in [5, 5.41) is 11.2. The van der Waals surface area contributed by atoms with Crippen molar-refractivity contribution in [1.29, 1.82) is 0 Å². The molecule has 2 aromatic carbocycles. The molecule has 0 fully saturated rings. The van der Waals surface area contributed by atoms with Crippen LogP contribution in [0.2, 0.25) is 5.02 Å². The highest BCUT2D eigenvalue weighted by Crippen LogP contribution is 2.31. The molecule has 4 nitrogen and oxygen atoms in total. The summed E-state index contributed by atoms with van der Waals surface area (Å²) in [5.74, 6) is 0.789. The van der Waals surface area contributed by atoms with Crippen LogP contribution >= 0.6 is 23.8 Å². The van der Waals surface area contributed by atoms with Gasteiger partial charge in [0.1, 0.15) is 12.4 Å². The van der Waals surface area contributed by atoms with E-state index in [1.54, 1.807) is 12.1 Å². The van der Waals surface area contributed by atoms with Gasteiger partial charge in [-0.25, -0.2) is 0 Å². The summed E-state index contributed by atoms with van der Waals surface area (Å²) in [6.07, 6.45) is 0.980. The zero-order valence-corrected chi connectivity index (χ0v) is 15.4. The summed E-state index contributed by atoms with van der Waals surface area (Å²) in [5.41, 5.74) is 3.37. The number of hydrogen-bond donors (Lipinski definition) is 1. The molecule has 0 amide bonds. The normalized spacial score (nSPS) is 10.4. The Balaban J connectivity index is 2.24. The van der Waals surface area contributed by atoms with Gasteiger partial charge in [-0.2, -0.15) is 5.06 Å². The fraction of sp³-hybridized carbons (Fsp3) is 0.278. The minimum atomic E-state index is -0.0900. The fourth-order valence-corrected chi connectivity index (χ4v) is 2.71. The quantitative estimate of drug-likeness (QED) is 0.602. The van der Waals surface area contributed by atoms with Crippen molar-refractivity contribution >= 4 is 34.7 Å². The first-order valence-corrected chi connectivity index (χ1v) is 8.33. The third-order valence-electron chi connectivity index (χ3n) is 3.66. The Hall–Kier alpha value is -1.82. The molecule has 0 saturated carbocycles. The molecule has 0 saturated heterocycles. The predicted molar refractivity (Wildman–Crippen MR) is 100 cm³/mol. The van der Waals surface area contributed by atoms with Crippen molar-refractivity contribution in [3.63, 3.8) is 0 Å². The van der Waals surface area contributed by atoms with Crippen LogP contribution in [-0.4, -0.2) is 17.5 Å². The molecular weight excluding hydrogens is 346 g/mol. The standard InChI is InChI=1S/C18H20ClNO3S/c1-4-13-8-9-16(12(2)10-13)23-11-14-6-5-7-15(19)17(14)20(21)18(24)22-3/h5-10,21H,4,11H2,1-3H3. The summed E-state index contributed by atoms with van der Waals surface area (Å²) in [6.45, 7) is 4.36. The van der Waals surface area contributed by atoms with Gasteiger partial charge in [0.25, 0.3) is 5.17 Å². The van der Waals surface area contributed by atoms with Gasteiger partial charge in [0.05, 0.1) is 17.8 Å². The Labute approximate surface area is 152 Å². The highest BCUT2D eigenvalue weighted by molar-refractivity contribution is 7.80. The number of ether oxygens (including phenoxy) is 2. The number of halogens is 1. The molecule has 0 aliphatic heterocycles. The fourth-order valence-electron chi connectivity index (χ4n) is 2.34. The van der Waals surface area contributed by atoms with Gasteiger partial charge < -0.3 is 9.47 Å². The minimum Gasteiger partial charge on any atom is -0.489 e. The molecule has 0 radical (unpaired) electrons. The summed E-state index contributed by atoms with van der Waals surface area (Å²) in [4.78, 5) is 0. The van der Waals surface area contributed by atoms with E-state index in [0.29, 0.717) is 16.3 Å². The molecule has 128 valence electrons. The SMILES string of the molecule is CCc1ccc(OCc2cccc(Cl)c2N(O)C(=S)OC)c(C)c1. The molecule has 0 aliphatic carbocycles. The summed E-state index contributed by atoms with van der Waals surface area (Å²) in [7, 11) is 1.39. The lowest BCUT2D eigenvalue weighted by atomic mass is 10.1. The van der Waals surface area contributed by atoms with Crippen molar-refractivity contribution in [3.8, 4) is 5.75 Å². The van der Waals surface area contributed by atoms with Gasteiger partial charge in [0.15, 0.2) is 0 Å². The van der Waals surface area contributed by atoms with Crippen molar-refractivity contribution in [1.82, 2.24) is 0 Å². The highest BCUT2D eigenvalue weighted by atomic mass is 35.5. The van der Waals surface area contributed by atoms with E-state index in [4.69, 9.17) is 33.3 Å². The smallest absolute Gasteiger partial charge is 0.288 e. The van der Waals surface area contributed by atoms with E-state index < -0.39 is 0 Å². The van der Waals surface area contributed by atoms with Gasteiger partial charge in [0, 0.05) is 5.56 Å². The van der Waals surface area contributed by atoms with Crippen LogP contribution in [0.1, 0.15) is 23.6 Å². The average molecular weight is 366 g/mol. The number of hydroxylamine groups is 1. The molecule has 0 unspecified atom stereocenters.